The average molecular weight is 116 g/mol. The van der Waals surface area contributed by atoms with Gasteiger partial charge >= 0.3 is 5.97 Å². The summed E-state index contributed by atoms with van der Waals surface area (Å²) in [5, 5.41) is 0. The van der Waals surface area contributed by atoms with E-state index >= 15 is 0 Å². The van der Waals surface area contributed by atoms with Gasteiger partial charge in [0.15, 0.2) is 0 Å². The van der Waals surface area contributed by atoms with E-state index in [1.54, 1.807) is 0 Å². The second kappa shape index (κ2) is 2.13. The Balaban J connectivity index is 1.95. The van der Waals surface area contributed by atoms with Crippen LogP contribution in [0.1, 0.15) is 19.8 Å². The molecule has 1 saturated carbocycles. The smallest absolute Gasteiger partial charge is 0.298 e. The van der Waals surface area contributed by atoms with E-state index < -0.39 is 0 Å². The molecule has 0 spiro atoms. The van der Waals surface area contributed by atoms with Gasteiger partial charge < -0.3 is 0 Å². The summed E-state index contributed by atoms with van der Waals surface area (Å²) < 4.78 is 0. The van der Waals surface area contributed by atoms with Gasteiger partial charge in [-0.2, -0.15) is 4.89 Å². The highest BCUT2D eigenvalue weighted by Gasteiger charge is 2.24. The van der Waals surface area contributed by atoms with Gasteiger partial charge in [-0.15, -0.1) is 0 Å². The molecule has 3 heteroatoms. The molecule has 46 valence electrons. The standard InChI is InChI=1S/C5H8O3/c1-4(6)7-8-5-2-3-5/h5H,2-3H2,1H3. The second-order valence-electron chi connectivity index (χ2n) is 1.87. The Morgan fingerprint density at radius 2 is 2.25 bits per heavy atom. The van der Waals surface area contributed by atoms with Gasteiger partial charge in [-0.3, -0.25) is 4.89 Å². The molecule has 1 rings (SSSR count). The first-order valence-corrected chi connectivity index (χ1v) is 2.63. The lowest BCUT2D eigenvalue weighted by molar-refractivity contribution is -0.277. The fraction of sp³-hybridized carbons (Fsp3) is 0.800. The number of carbonyl (C=O) groups excluding carboxylic acids is 1. The summed E-state index contributed by atoms with van der Waals surface area (Å²) >= 11 is 0. The van der Waals surface area contributed by atoms with Gasteiger partial charge in [0.05, 0.1) is 0 Å². The maximum atomic E-state index is 10.0. The minimum atomic E-state index is -0.378. The van der Waals surface area contributed by atoms with Crippen LogP contribution in [0, 0.1) is 0 Å². The summed E-state index contributed by atoms with van der Waals surface area (Å²) in [6.45, 7) is 1.32. The maximum absolute atomic E-state index is 10.0. The lowest BCUT2D eigenvalue weighted by atomic mass is 10.8. The van der Waals surface area contributed by atoms with Gasteiger partial charge in [-0.1, -0.05) is 0 Å². The van der Waals surface area contributed by atoms with Crippen LogP contribution in [-0.2, 0) is 14.6 Å². The van der Waals surface area contributed by atoms with Crippen molar-refractivity contribution in [3.63, 3.8) is 0 Å². The lowest BCUT2D eigenvalue weighted by Crippen LogP contribution is -2.00. The monoisotopic (exact) mass is 116 g/mol. The van der Waals surface area contributed by atoms with Crippen LogP contribution in [0.2, 0.25) is 0 Å². The van der Waals surface area contributed by atoms with Gasteiger partial charge in [0, 0.05) is 6.92 Å². The highest BCUT2D eigenvalue weighted by Crippen LogP contribution is 2.23. The summed E-state index contributed by atoms with van der Waals surface area (Å²) in [6.07, 6.45) is 2.24. The van der Waals surface area contributed by atoms with Gasteiger partial charge in [0.25, 0.3) is 0 Å². The van der Waals surface area contributed by atoms with Crippen LogP contribution in [0.5, 0.6) is 0 Å². The van der Waals surface area contributed by atoms with Crippen LogP contribution in [0.15, 0.2) is 0 Å². The van der Waals surface area contributed by atoms with Crippen molar-refractivity contribution in [2.45, 2.75) is 25.9 Å². The van der Waals surface area contributed by atoms with E-state index in [0.29, 0.717) is 0 Å². The molecule has 0 bridgehead atoms. The molecule has 1 aliphatic carbocycles. The zero-order valence-corrected chi connectivity index (χ0v) is 4.72. The average Bonchev–Trinajstić information content (AvgIpc) is 2.41. The molecule has 0 heterocycles. The number of carbonyl (C=O) groups is 1. The molecule has 0 amide bonds. The molecule has 3 nitrogen and oxygen atoms in total. The second-order valence-corrected chi connectivity index (χ2v) is 1.87. The van der Waals surface area contributed by atoms with Crippen LogP contribution >= 0.6 is 0 Å². The van der Waals surface area contributed by atoms with Crippen molar-refractivity contribution in [2.24, 2.45) is 0 Å². The largest absolute Gasteiger partial charge is 0.339 e. The Hall–Kier alpha value is -0.570. The molecule has 0 aromatic carbocycles. The van der Waals surface area contributed by atoms with Crippen molar-refractivity contribution in [1.82, 2.24) is 0 Å². The first-order chi connectivity index (χ1) is 3.79. The van der Waals surface area contributed by atoms with E-state index in [1.165, 1.54) is 6.92 Å². The van der Waals surface area contributed by atoms with Crippen molar-refractivity contribution in [3.05, 3.63) is 0 Å². The van der Waals surface area contributed by atoms with Crippen molar-refractivity contribution < 1.29 is 14.6 Å². The fourth-order valence-corrected chi connectivity index (χ4v) is 0.300. The third-order valence-electron chi connectivity index (χ3n) is 0.826. The highest BCUT2D eigenvalue weighted by atomic mass is 17.2. The first kappa shape index (κ1) is 5.56. The van der Waals surface area contributed by atoms with Crippen molar-refractivity contribution in [3.8, 4) is 0 Å². The van der Waals surface area contributed by atoms with Crippen LogP contribution in [0.3, 0.4) is 0 Å². The fourth-order valence-electron chi connectivity index (χ4n) is 0.300. The normalized spacial score (nSPS) is 18.1. The molecule has 0 N–H and O–H groups in total. The first-order valence-electron chi connectivity index (χ1n) is 2.63. The van der Waals surface area contributed by atoms with Crippen LogP contribution in [-0.4, -0.2) is 12.1 Å². The van der Waals surface area contributed by atoms with Gasteiger partial charge in [-0.25, -0.2) is 4.79 Å². The summed E-state index contributed by atoms with van der Waals surface area (Å²) in [7, 11) is 0. The molecule has 8 heavy (non-hydrogen) atoms. The molecular weight excluding hydrogens is 108 g/mol. The predicted molar refractivity (Wildman–Crippen MR) is 25.9 cm³/mol. The minimum Gasteiger partial charge on any atom is -0.298 e. The summed E-state index contributed by atoms with van der Waals surface area (Å²) in [5.74, 6) is -0.378. The van der Waals surface area contributed by atoms with Crippen LogP contribution in [0.4, 0.5) is 0 Å². The number of rotatable bonds is 2. The van der Waals surface area contributed by atoms with E-state index in [9.17, 15) is 4.79 Å². The zero-order valence-electron chi connectivity index (χ0n) is 4.72. The third-order valence-corrected chi connectivity index (χ3v) is 0.826. The van der Waals surface area contributed by atoms with Crippen molar-refractivity contribution in [2.75, 3.05) is 0 Å². The van der Waals surface area contributed by atoms with E-state index in [-0.39, 0.29) is 12.1 Å². The predicted octanol–water partition coefficient (Wildman–Crippen LogP) is 0.643. The molecule has 0 saturated heterocycles. The Morgan fingerprint density at radius 1 is 1.62 bits per heavy atom. The van der Waals surface area contributed by atoms with E-state index in [4.69, 9.17) is 0 Å². The quantitative estimate of drug-likeness (QED) is 0.392. The summed E-state index contributed by atoms with van der Waals surface area (Å²) in [4.78, 5) is 18.8. The third kappa shape index (κ3) is 1.93. The van der Waals surface area contributed by atoms with Crippen molar-refractivity contribution in [1.29, 1.82) is 0 Å². The molecule has 0 radical (unpaired) electrons. The Morgan fingerprint density at radius 3 is 2.62 bits per heavy atom. The maximum Gasteiger partial charge on any atom is 0.339 e. The molecule has 0 atom stereocenters. The molecule has 1 aliphatic rings. The topological polar surface area (TPSA) is 35.5 Å². The Labute approximate surface area is 47.5 Å². The lowest BCUT2D eigenvalue weighted by Gasteiger charge is -1.94. The summed E-state index contributed by atoms with van der Waals surface area (Å²) in [6, 6.07) is 0. The molecule has 1 fully saturated rings. The number of hydrogen-bond donors (Lipinski definition) is 0. The minimum absolute atomic E-state index is 0.193. The van der Waals surface area contributed by atoms with Crippen LogP contribution < -0.4 is 0 Å². The SMILES string of the molecule is CC(=O)OOC1CC1. The molecule has 0 aromatic heterocycles. The molecule has 0 aromatic rings. The Bertz CT molecular complexity index is 95.8. The van der Waals surface area contributed by atoms with E-state index in [1.807, 2.05) is 0 Å². The number of hydrogen-bond acceptors (Lipinski definition) is 3. The van der Waals surface area contributed by atoms with E-state index in [0.717, 1.165) is 12.8 Å². The van der Waals surface area contributed by atoms with Gasteiger partial charge in [0.1, 0.15) is 6.10 Å². The van der Waals surface area contributed by atoms with Crippen molar-refractivity contribution >= 4 is 5.97 Å². The highest BCUT2D eigenvalue weighted by molar-refractivity contribution is 5.65. The van der Waals surface area contributed by atoms with Gasteiger partial charge in [-0.05, 0) is 12.8 Å². The molecular formula is C5H8O3. The molecule has 0 aliphatic heterocycles. The van der Waals surface area contributed by atoms with Crippen LogP contribution in [0.25, 0.3) is 0 Å². The van der Waals surface area contributed by atoms with E-state index in [2.05, 4.69) is 9.78 Å². The molecule has 0 unspecified atom stereocenters. The Kier molecular flexibility index (Phi) is 1.48. The zero-order chi connectivity index (χ0) is 5.98. The summed E-state index contributed by atoms with van der Waals surface area (Å²) in [5.41, 5.74) is 0. The van der Waals surface area contributed by atoms with Gasteiger partial charge in [0.2, 0.25) is 0 Å².